The number of hydrogen-bond donors (Lipinski definition) is 1. The van der Waals surface area contributed by atoms with Gasteiger partial charge in [-0.3, -0.25) is 0 Å². The molecule has 1 nitrogen and oxygen atoms in total. The highest BCUT2D eigenvalue weighted by Crippen LogP contribution is 2.21. The van der Waals surface area contributed by atoms with E-state index in [1.165, 1.54) is 37.7 Å². The SMILES string of the molecule is Cc1ccc(O)c(CCCCCCC(C)C)c1. The first-order valence-electron chi connectivity index (χ1n) is 6.88. The number of aromatic hydroxyl groups is 1. The summed E-state index contributed by atoms with van der Waals surface area (Å²) in [6.45, 7) is 6.64. The highest BCUT2D eigenvalue weighted by Gasteiger charge is 2.01. The normalized spacial score (nSPS) is 11.1. The molecule has 17 heavy (non-hydrogen) atoms. The fraction of sp³-hybridized carbons (Fsp3) is 0.625. The fourth-order valence-electron chi connectivity index (χ4n) is 2.14. The van der Waals surface area contributed by atoms with Crippen LogP contribution >= 0.6 is 0 Å². The minimum atomic E-state index is 0.456. The van der Waals surface area contributed by atoms with Gasteiger partial charge in [0, 0.05) is 0 Å². The van der Waals surface area contributed by atoms with Gasteiger partial charge in [-0.2, -0.15) is 0 Å². The number of phenolic OH excluding ortho intramolecular Hbond substituents is 1. The van der Waals surface area contributed by atoms with Gasteiger partial charge in [-0.25, -0.2) is 0 Å². The van der Waals surface area contributed by atoms with Crippen molar-refractivity contribution in [1.82, 2.24) is 0 Å². The van der Waals surface area contributed by atoms with Gasteiger partial charge in [-0.1, -0.05) is 57.2 Å². The third-order valence-electron chi connectivity index (χ3n) is 3.21. The van der Waals surface area contributed by atoms with Gasteiger partial charge in [-0.05, 0) is 37.3 Å². The monoisotopic (exact) mass is 234 g/mol. The lowest BCUT2D eigenvalue weighted by molar-refractivity contribution is 0.465. The Morgan fingerprint density at radius 3 is 2.47 bits per heavy atom. The van der Waals surface area contributed by atoms with E-state index in [4.69, 9.17) is 0 Å². The number of aryl methyl sites for hydroxylation is 2. The van der Waals surface area contributed by atoms with Crippen molar-refractivity contribution in [3.05, 3.63) is 29.3 Å². The third-order valence-corrected chi connectivity index (χ3v) is 3.21. The predicted octanol–water partition coefficient (Wildman–Crippen LogP) is 4.85. The standard InChI is InChI=1S/C16H26O/c1-13(2)8-6-4-5-7-9-15-12-14(3)10-11-16(15)17/h10-13,17H,4-9H2,1-3H3. The number of rotatable bonds is 7. The molecule has 1 N–H and O–H groups in total. The zero-order valence-electron chi connectivity index (χ0n) is 11.5. The van der Waals surface area contributed by atoms with Gasteiger partial charge in [0.15, 0.2) is 0 Å². The molecule has 0 saturated carbocycles. The molecule has 0 aliphatic heterocycles. The Bertz CT molecular complexity index is 328. The molecule has 0 heterocycles. The average Bonchev–Trinajstić information content (AvgIpc) is 2.27. The van der Waals surface area contributed by atoms with Crippen molar-refractivity contribution >= 4 is 0 Å². The maximum absolute atomic E-state index is 9.71. The molecular formula is C16H26O. The van der Waals surface area contributed by atoms with E-state index in [0.717, 1.165) is 17.9 Å². The van der Waals surface area contributed by atoms with E-state index in [0.29, 0.717) is 5.75 Å². The highest BCUT2D eigenvalue weighted by molar-refractivity contribution is 5.35. The molecular weight excluding hydrogens is 208 g/mol. The van der Waals surface area contributed by atoms with E-state index in [1.807, 2.05) is 12.1 Å². The molecule has 0 amide bonds. The van der Waals surface area contributed by atoms with Gasteiger partial charge in [-0.15, -0.1) is 0 Å². The van der Waals surface area contributed by atoms with Crippen molar-refractivity contribution in [2.75, 3.05) is 0 Å². The van der Waals surface area contributed by atoms with Crippen molar-refractivity contribution in [2.24, 2.45) is 5.92 Å². The van der Waals surface area contributed by atoms with E-state index in [-0.39, 0.29) is 0 Å². The van der Waals surface area contributed by atoms with Gasteiger partial charge in [0.25, 0.3) is 0 Å². The van der Waals surface area contributed by atoms with E-state index in [9.17, 15) is 5.11 Å². The molecule has 0 spiro atoms. The number of benzene rings is 1. The number of unbranched alkanes of at least 4 members (excludes halogenated alkanes) is 3. The minimum absolute atomic E-state index is 0.456. The van der Waals surface area contributed by atoms with Crippen LogP contribution in [-0.4, -0.2) is 5.11 Å². The first-order chi connectivity index (χ1) is 8.09. The maximum atomic E-state index is 9.71. The average molecular weight is 234 g/mol. The first-order valence-corrected chi connectivity index (χ1v) is 6.88. The van der Waals surface area contributed by atoms with Crippen LogP contribution in [0.15, 0.2) is 18.2 Å². The third kappa shape index (κ3) is 5.76. The Labute approximate surface area is 106 Å². The minimum Gasteiger partial charge on any atom is -0.508 e. The van der Waals surface area contributed by atoms with Crippen LogP contribution in [0.1, 0.15) is 57.1 Å². The van der Waals surface area contributed by atoms with Crippen LogP contribution in [-0.2, 0) is 6.42 Å². The van der Waals surface area contributed by atoms with E-state index >= 15 is 0 Å². The molecule has 1 heteroatoms. The van der Waals surface area contributed by atoms with Crippen LogP contribution in [0.25, 0.3) is 0 Å². The van der Waals surface area contributed by atoms with Crippen LogP contribution in [0, 0.1) is 12.8 Å². The van der Waals surface area contributed by atoms with Gasteiger partial charge in [0.1, 0.15) is 5.75 Å². The summed E-state index contributed by atoms with van der Waals surface area (Å²) in [5.74, 6) is 1.29. The Balaban J connectivity index is 2.20. The summed E-state index contributed by atoms with van der Waals surface area (Å²) >= 11 is 0. The first kappa shape index (κ1) is 14.1. The summed E-state index contributed by atoms with van der Waals surface area (Å²) in [7, 11) is 0. The molecule has 0 aromatic heterocycles. The van der Waals surface area contributed by atoms with Crippen molar-refractivity contribution in [3.63, 3.8) is 0 Å². The Kier molecular flexibility index (Phi) is 6.10. The van der Waals surface area contributed by atoms with E-state index < -0.39 is 0 Å². The second-order valence-corrected chi connectivity index (χ2v) is 5.48. The van der Waals surface area contributed by atoms with Gasteiger partial charge < -0.3 is 5.11 Å². The summed E-state index contributed by atoms with van der Waals surface area (Å²) < 4.78 is 0. The van der Waals surface area contributed by atoms with Crippen LogP contribution < -0.4 is 0 Å². The van der Waals surface area contributed by atoms with Crippen molar-refractivity contribution in [1.29, 1.82) is 0 Å². The zero-order valence-corrected chi connectivity index (χ0v) is 11.5. The van der Waals surface area contributed by atoms with Gasteiger partial charge >= 0.3 is 0 Å². The molecule has 0 fully saturated rings. The predicted molar refractivity (Wildman–Crippen MR) is 74.5 cm³/mol. The molecule has 0 aliphatic carbocycles. The summed E-state index contributed by atoms with van der Waals surface area (Å²) in [4.78, 5) is 0. The Hall–Kier alpha value is -0.980. The second-order valence-electron chi connectivity index (χ2n) is 5.48. The molecule has 1 aromatic carbocycles. The van der Waals surface area contributed by atoms with E-state index in [1.54, 1.807) is 0 Å². The molecule has 0 atom stereocenters. The van der Waals surface area contributed by atoms with Gasteiger partial charge in [0.2, 0.25) is 0 Å². The summed E-state index contributed by atoms with van der Waals surface area (Å²) in [5.41, 5.74) is 2.34. The molecule has 0 unspecified atom stereocenters. The molecule has 1 rings (SSSR count). The summed E-state index contributed by atoms with van der Waals surface area (Å²) in [6, 6.07) is 5.87. The second kappa shape index (κ2) is 7.37. The molecule has 1 aromatic rings. The highest BCUT2D eigenvalue weighted by atomic mass is 16.3. The summed E-state index contributed by atoms with van der Waals surface area (Å²) in [5, 5.41) is 9.71. The van der Waals surface area contributed by atoms with Gasteiger partial charge in [0.05, 0.1) is 0 Å². The zero-order chi connectivity index (χ0) is 12.7. The topological polar surface area (TPSA) is 20.2 Å². The lowest BCUT2D eigenvalue weighted by Gasteiger charge is -2.06. The Morgan fingerprint density at radius 1 is 1.06 bits per heavy atom. The van der Waals surface area contributed by atoms with Crippen LogP contribution in [0.3, 0.4) is 0 Å². The van der Waals surface area contributed by atoms with Crippen LogP contribution in [0.2, 0.25) is 0 Å². The number of hydrogen-bond acceptors (Lipinski definition) is 1. The quantitative estimate of drug-likeness (QED) is 0.669. The largest absolute Gasteiger partial charge is 0.508 e. The van der Waals surface area contributed by atoms with E-state index in [2.05, 4.69) is 26.8 Å². The lowest BCUT2D eigenvalue weighted by atomic mass is 10.0. The van der Waals surface area contributed by atoms with Crippen LogP contribution in [0.4, 0.5) is 0 Å². The lowest BCUT2D eigenvalue weighted by Crippen LogP contribution is -1.90. The van der Waals surface area contributed by atoms with Crippen molar-refractivity contribution in [3.8, 4) is 5.75 Å². The molecule has 0 radical (unpaired) electrons. The van der Waals surface area contributed by atoms with Crippen molar-refractivity contribution < 1.29 is 5.11 Å². The maximum Gasteiger partial charge on any atom is 0.118 e. The fourth-order valence-corrected chi connectivity index (χ4v) is 2.14. The molecule has 0 bridgehead atoms. The molecule has 0 aliphatic rings. The molecule has 96 valence electrons. The van der Waals surface area contributed by atoms with Crippen molar-refractivity contribution in [2.45, 2.75) is 59.3 Å². The molecule has 0 saturated heterocycles. The Morgan fingerprint density at radius 2 is 1.76 bits per heavy atom. The number of phenols is 1. The summed E-state index contributed by atoms with van der Waals surface area (Å²) in [6.07, 6.45) is 7.49. The van der Waals surface area contributed by atoms with Crippen LogP contribution in [0.5, 0.6) is 5.75 Å². The smallest absolute Gasteiger partial charge is 0.118 e.